The summed E-state index contributed by atoms with van der Waals surface area (Å²) in [5, 5.41) is 4.05. The van der Waals surface area contributed by atoms with Crippen LogP contribution in [0.1, 0.15) is 11.1 Å². The molecule has 3 rings (SSSR count). The van der Waals surface area contributed by atoms with E-state index in [0.29, 0.717) is 0 Å². The number of carbonyl (C=O) groups excluding carboxylic acids is 1. The monoisotopic (exact) mass is 364 g/mol. The Hall–Kier alpha value is -2.92. The molecule has 0 saturated carbocycles. The Morgan fingerprint density at radius 1 is 0.962 bits per heavy atom. The Morgan fingerprint density at radius 2 is 1.65 bits per heavy atom. The Labute approximate surface area is 156 Å². The molecule has 3 aromatic carbocycles. The molecule has 0 saturated heterocycles. The molecule has 0 heterocycles. The Morgan fingerprint density at radius 3 is 2.42 bits per heavy atom. The first kappa shape index (κ1) is 17.9. The smallest absolute Gasteiger partial charge is 0.244 e. The van der Waals surface area contributed by atoms with E-state index < -0.39 is 0 Å². The zero-order valence-electron chi connectivity index (χ0n) is 13.9. The van der Waals surface area contributed by atoms with Gasteiger partial charge in [-0.15, -0.1) is 0 Å². The van der Waals surface area contributed by atoms with Gasteiger partial charge in [0.1, 0.15) is 5.82 Å². The van der Waals surface area contributed by atoms with Crippen molar-refractivity contribution in [2.75, 3.05) is 0 Å². The Bertz CT molecular complexity index is 895. The minimum absolute atomic E-state index is 0.151. The van der Waals surface area contributed by atoms with Crippen LogP contribution in [0.3, 0.4) is 0 Å². The number of halogens is 1. The SMILES string of the molecule is O=C(Cc1ccc(F)cc1)NN=Cc1ccccc1Sc1ccccc1. The maximum atomic E-state index is 12.9. The summed E-state index contributed by atoms with van der Waals surface area (Å²) >= 11 is 1.64. The van der Waals surface area contributed by atoms with Crippen molar-refractivity contribution in [2.24, 2.45) is 5.10 Å². The van der Waals surface area contributed by atoms with Crippen molar-refractivity contribution >= 4 is 23.9 Å². The third kappa shape index (κ3) is 5.29. The van der Waals surface area contributed by atoms with E-state index in [-0.39, 0.29) is 18.1 Å². The van der Waals surface area contributed by atoms with Crippen LogP contribution in [0.2, 0.25) is 0 Å². The van der Waals surface area contributed by atoms with Crippen molar-refractivity contribution in [3.05, 3.63) is 95.8 Å². The largest absolute Gasteiger partial charge is 0.273 e. The molecule has 0 aliphatic rings. The highest BCUT2D eigenvalue weighted by molar-refractivity contribution is 7.99. The maximum Gasteiger partial charge on any atom is 0.244 e. The van der Waals surface area contributed by atoms with E-state index in [1.807, 2.05) is 54.6 Å². The Balaban J connectivity index is 1.61. The van der Waals surface area contributed by atoms with Gasteiger partial charge >= 0.3 is 0 Å². The summed E-state index contributed by atoms with van der Waals surface area (Å²) < 4.78 is 12.9. The zero-order valence-corrected chi connectivity index (χ0v) is 14.7. The fraction of sp³-hybridized carbons (Fsp3) is 0.0476. The molecule has 0 fully saturated rings. The van der Waals surface area contributed by atoms with Gasteiger partial charge in [0.25, 0.3) is 0 Å². The molecule has 1 N–H and O–H groups in total. The number of hydrogen-bond donors (Lipinski definition) is 1. The van der Waals surface area contributed by atoms with Gasteiger partial charge in [0, 0.05) is 15.4 Å². The van der Waals surface area contributed by atoms with Gasteiger partial charge in [-0.25, -0.2) is 9.82 Å². The van der Waals surface area contributed by atoms with Crippen molar-refractivity contribution in [2.45, 2.75) is 16.2 Å². The highest BCUT2D eigenvalue weighted by atomic mass is 32.2. The molecule has 130 valence electrons. The lowest BCUT2D eigenvalue weighted by Crippen LogP contribution is -2.19. The van der Waals surface area contributed by atoms with E-state index in [9.17, 15) is 9.18 Å². The summed E-state index contributed by atoms with van der Waals surface area (Å²) in [7, 11) is 0. The van der Waals surface area contributed by atoms with Gasteiger partial charge in [-0.1, -0.05) is 60.3 Å². The maximum absolute atomic E-state index is 12.9. The van der Waals surface area contributed by atoms with Gasteiger partial charge in [-0.3, -0.25) is 4.79 Å². The van der Waals surface area contributed by atoms with Crippen molar-refractivity contribution in [1.29, 1.82) is 0 Å². The van der Waals surface area contributed by atoms with Gasteiger partial charge in [0.05, 0.1) is 12.6 Å². The van der Waals surface area contributed by atoms with Crippen LogP contribution in [0.5, 0.6) is 0 Å². The summed E-state index contributed by atoms with van der Waals surface area (Å²) in [6.07, 6.45) is 1.78. The lowest BCUT2D eigenvalue weighted by Gasteiger charge is -2.05. The van der Waals surface area contributed by atoms with Gasteiger partial charge in [0.2, 0.25) is 5.91 Å². The normalized spacial score (nSPS) is 10.8. The molecule has 3 nitrogen and oxygen atoms in total. The predicted octanol–water partition coefficient (Wildman–Crippen LogP) is 4.67. The van der Waals surface area contributed by atoms with Crippen LogP contribution < -0.4 is 5.43 Å². The number of benzene rings is 3. The van der Waals surface area contributed by atoms with Gasteiger partial charge in [0.15, 0.2) is 0 Å². The van der Waals surface area contributed by atoms with E-state index in [1.54, 1.807) is 30.1 Å². The molecule has 0 aromatic heterocycles. The molecule has 0 spiro atoms. The number of amides is 1. The second-order valence-corrected chi connectivity index (χ2v) is 6.66. The fourth-order valence-electron chi connectivity index (χ4n) is 2.30. The van der Waals surface area contributed by atoms with E-state index in [4.69, 9.17) is 0 Å². The van der Waals surface area contributed by atoms with Gasteiger partial charge < -0.3 is 0 Å². The third-order valence-electron chi connectivity index (χ3n) is 3.56. The van der Waals surface area contributed by atoms with Crippen molar-refractivity contribution in [3.8, 4) is 0 Å². The van der Waals surface area contributed by atoms with E-state index in [0.717, 1.165) is 20.9 Å². The molecule has 5 heteroatoms. The quantitative estimate of drug-likeness (QED) is 0.510. The standard InChI is InChI=1S/C21H17FN2OS/c22-18-12-10-16(11-13-18)14-21(25)24-23-15-17-6-4-5-9-20(17)26-19-7-2-1-3-8-19/h1-13,15H,14H2,(H,24,25). The lowest BCUT2D eigenvalue weighted by atomic mass is 10.1. The summed E-state index contributed by atoms with van der Waals surface area (Å²) in [5.74, 6) is -0.569. The second kappa shape index (κ2) is 8.97. The molecule has 0 atom stereocenters. The summed E-state index contributed by atoms with van der Waals surface area (Å²) in [4.78, 5) is 14.1. The Kier molecular flexibility index (Phi) is 6.17. The highest BCUT2D eigenvalue weighted by Crippen LogP contribution is 2.29. The van der Waals surface area contributed by atoms with E-state index in [1.165, 1.54) is 12.1 Å². The van der Waals surface area contributed by atoms with Crippen LogP contribution in [0.15, 0.2) is 93.8 Å². The number of hydrazone groups is 1. The first-order valence-electron chi connectivity index (χ1n) is 8.09. The highest BCUT2D eigenvalue weighted by Gasteiger charge is 2.04. The average Bonchev–Trinajstić information content (AvgIpc) is 2.66. The average molecular weight is 364 g/mol. The van der Waals surface area contributed by atoms with Crippen molar-refractivity contribution in [1.82, 2.24) is 5.43 Å². The second-order valence-electron chi connectivity index (χ2n) is 5.55. The molecule has 0 bridgehead atoms. The zero-order chi connectivity index (χ0) is 18.2. The van der Waals surface area contributed by atoms with Crippen LogP contribution in [-0.2, 0) is 11.2 Å². The minimum Gasteiger partial charge on any atom is -0.273 e. The topological polar surface area (TPSA) is 41.5 Å². The molecule has 0 aliphatic heterocycles. The van der Waals surface area contributed by atoms with E-state index in [2.05, 4.69) is 10.5 Å². The molecule has 3 aromatic rings. The number of nitrogens with one attached hydrogen (secondary N) is 1. The van der Waals surface area contributed by atoms with Crippen molar-refractivity contribution in [3.63, 3.8) is 0 Å². The molecule has 0 unspecified atom stereocenters. The number of hydrogen-bond acceptors (Lipinski definition) is 3. The van der Waals surface area contributed by atoms with Crippen LogP contribution in [0, 0.1) is 5.82 Å². The molecular formula is C21H17FN2OS. The van der Waals surface area contributed by atoms with Crippen molar-refractivity contribution < 1.29 is 9.18 Å². The summed E-state index contributed by atoms with van der Waals surface area (Å²) in [6, 6.07) is 23.8. The summed E-state index contributed by atoms with van der Waals surface area (Å²) in [5.41, 5.74) is 4.17. The van der Waals surface area contributed by atoms with Gasteiger partial charge in [-0.2, -0.15) is 5.10 Å². The van der Waals surface area contributed by atoms with Gasteiger partial charge in [-0.05, 0) is 35.9 Å². The molecule has 0 radical (unpaired) electrons. The fourth-order valence-corrected chi connectivity index (χ4v) is 3.23. The van der Waals surface area contributed by atoms with Crippen LogP contribution >= 0.6 is 11.8 Å². The number of rotatable bonds is 6. The minimum atomic E-state index is -0.320. The summed E-state index contributed by atoms with van der Waals surface area (Å²) in [6.45, 7) is 0. The molecule has 1 amide bonds. The molecule has 26 heavy (non-hydrogen) atoms. The van der Waals surface area contributed by atoms with Crippen LogP contribution in [-0.4, -0.2) is 12.1 Å². The van der Waals surface area contributed by atoms with Crippen LogP contribution in [0.4, 0.5) is 4.39 Å². The first-order valence-corrected chi connectivity index (χ1v) is 8.90. The molecule has 0 aliphatic carbocycles. The van der Waals surface area contributed by atoms with Crippen LogP contribution in [0.25, 0.3) is 0 Å². The first-order chi connectivity index (χ1) is 12.7. The lowest BCUT2D eigenvalue weighted by molar-refractivity contribution is -0.120. The van der Waals surface area contributed by atoms with E-state index >= 15 is 0 Å². The number of carbonyl (C=O) groups is 1. The third-order valence-corrected chi connectivity index (χ3v) is 4.66. The predicted molar refractivity (Wildman–Crippen MR) is 103 cm³/mol. The number of nitrogens with zero attached hydrogens (tertiary/aromatic N) is 1. The molecular weight excluding hydrogens is 347 g/mol.